The van der Waals surface area contributed by atoms with Gasteiger partial charge in [-0.25, -0.2) is 4.79 Å². The van der Waals surface area contributed by atoms with Crippen molar-refractivity contribution in [1.82, 2.24) is 20.4 Å². The van der Waals surface area contributed by atoms with Crippen molar-refractivity contribution in [2.45, 2.75) is 28.5 Å². The van der Waals surface area contributed by atoms with Crippen LogP contribution < -0.4 is 5.32 Å². The quantitative estimate of drug-likeness (QED) is 0.272. The molecule has 3 atom stereocenters. The number of carboxylic acid groups (broad SMARTS) is 1. The lowest BCUT2D eigenvalue weighted by Gasteiger charge is -2.55. The number of thioether (sulfide) groups is 2. The maximum atomic E-state index is 13.1. The Morgan fingerprint density at radius 3 is 2.70 bits per heavy atom. The third-order valence-electron chi connectivity index (χ3n) is 5.18. The molecule has 2 aliphatic heterocycles. The Balaban J connectivity index is 1.54. The van der Waals surface area contributed by atoms with E-state index in [1.807, 2.05) is 6.92 Å². The van der Waals surface area contributed by atoms with Gasteiger partial charge in [-0.1, -0.05) is 53.4 Å². The highest BCUT2D eigenvalue weighted by molar-refractivity contribution is 8.01. The standard InChI is InChI=1S/C20H20N4O6S3/c1-10-22-23-19(33-10)32-9-12-8-31-18-20(30-2,17(29)24(18)13(12)16(27)28)21-15(26)14(25)11-6-4-3-5-7-11/h3-7,14,18,25H,8-9H2,1-2H3,(H,21,26)(H,27,28)/t14?,18-,20?/m0/s1. The fraction of sp³-hybridized carbons (Fsp3) is 0.350. The number of carbonyl (C=O) groups is 3. The molecule has 2 unspecified atom stereocenters. The van der Waals surface area contributed by atoms with Gasteiger partial charge in [0.05, 0.1) is 0 Å². The fourth-order valence-corrected chi connectivity index (χ4v) is 6.97. The first-order valence-corrected chi connectivity index (χ1v) is 12.6. The van der Waals surface area contributed by atoms with Crippen molar-refractivity contribution < 1.29 is 29.3 Å². The van der Waals surface area contributed by atoms with E-state index in [1.165, 1.54) is 42.0 Å². The Labute approximate surface area is 201 Å². The van der Waals surface area contributed by atoms with Crippen molar-refractivity contribution in [1.29, 1.82) is 0 Å². The summed E-state index contributed by atoms with van der Waals surface area (Å²) in [5.74, 6) is -2.10. The Morgan fingerprint density at radius 2 is 2.09 bits per heavy atom. The second-order valence-electron chi connectivity index (χ2n) is 7.21. The molecule has 0 radical (unpaired) electrons. The van der Waals surface area contributed by atoms with Crippen molar-refractivity contribution >= 4 is 52.6 Å². The first-order chi connectivity index (χ1) is 15.8. The molecule has 13 heteroatoms. The van der Waals surface area contributed by atoms with Gasteiger partial charge in [-0.05, 0) is 18.1 Å². The van der Waals surface area contributed by atoms with Crippen LogP contribution in [0.5, 0.6) is 0 Å². The van der Waals surface area contributed by atoms with Gasteiger partial charge in [0.1, 0.15) is 16.1 Å². The molecule has 0 bridgehead atoms. The normalized spacial score (nSPS) is 23.1. The van der Waals surface area contributed by atoms with Crippen LogP contribution in [-0.4, -0.2) is 72.8 Å². The number of methoxy groups -OCH3 is 1. The lowest BCUT2D eigenvalue weighted by Crippen LogP contribution is -2.81. The molecule has 0 spiro atoms. The molecule has 3 N–H and O–H groups in total. The maximum Gasteiger partial charge on any atom is 0.352 e. The van der Waals surface area contributed by atoms with Gasteiger partial charge < -0.3 is 20.3 Å². The molecule has 174 valence electrons. The van der Waals surface area contributed by atoms with E-state index in [9.17, 15) is 24.6 Å². The van der Waals surface area contributed by atoms with Gasteiger partial charge in [0.25, 0.3) is 17.5 Å². The number of carbonyl (C=O) groups excluding carboxylic acids is 2. The maximum absolute atomic E-state index is 13.1. The molecule has 4 rings (SSSR count). The number of aryl methyl sites for hydroxylation is 1. The van der Waals surface area contributed by atoms with E-state index in [2.05, 4.69) is 15.5 Å². The molecule has 1 saturated heterocycles. The van der Waals surface area contributed by atoms with Gasteiger partial charge in [0, 0.05) is 18.6 Å². The summed E-state index contributed by atoms with van der Waals surface area (Å²) in [5.41, 5.74) is -0.968. The SMILES string of the molecule is COC1(NC(=O)C(O)c2ccccc2)C(=O)N2C(C(=O)O)=C(CSc3nnc(C)s3)CS[C@H]21. The monoisotopic (exact) mass is 508 g/mol. The Morgan fingerprint density at radius 1 is 1.36 bits per heavy atom. The van der Waals surface area contributed by atoms with Crippen molar-refractivity contribution in [2.75, 3.05) is 18.6 Å². The number of fused-ring (bicyclic) bond motifs is 1. The van der Waals surface area contributed by atoms with Crippen LogP contribution in [0.25, 0.3) is 0 Å². The number of ether oxygens (including phenoxy) is 1. The van der Waals surface area contributed by atoms with E-state index in [0.717, 1.165) is 9.91 Å². The zero-order valence-electron chi connectivity index (χ0n) is 17.5. The van der Waals surface area contributed by atoms with Crippen molar-refractivity contribution in [3.63, 3.8) is 0 Å². The topological polar surface area (TPSA) is 142 Å². The van der Waals surface area contributed by atoms with Crippen molar-refractivity contribution in [3.8, 4) is 0 Å². The summed E-state index contributed by atoms with van der Waals surface area (Å²) >= 11 is 4.04. The van der Waals surface area contributed by atoms with E-state index in [4.69, 9.17) is 4.74 Å². The van der Waals surface area contributed by atoms with Crippen molar-refractivity contribution in [2.24, 2.45) is 0 Å². The average Bonchev–Trinajstić information content (AvgIpc) is 3.25. The third-order valence-corrected chi connectivity index (χ3v) is 8.62. The van der Waals surface area contributed by atoms with Crippen LogP contribution in [0.2, 0.25) is 0 Å². The molecule has 1 fully saturated rings. The third kappa shape index (κ3) is 4.26. The summed E-state index contributed by atoms with van der Waals surface area (Å²) < 4.78 is 6.12. The number of carboxylic acids is 1. The van der Waals surface area contributed by atoms with Crippen LogP contribution in [-0.2, 0) is 19.1 Å². The highest BCUT2D eigenvalue weighted by Crippen LogP contribution is 2.47. The predicted molar refractivity (Wildman–Crippen MR) is 122 cm³/mol. The van der Waals surface area contributed by atoms with E-state index in [0.29, 0.717) is 27.0 Å². The number of rotatable bonds is 8. The molecular formula is C20H20N4O6S3. The summed E-state index contributed by atoms with van der Waals surface area (Å²) in [6.07, 6.45) is -1.51. The van der Waals surface area contributed by atoms with Gasteiger partial charge >= 0.3 is 5.97 Å². The zero-order valence-corrected chi connectivity index (χ0v) is 20.0. The predicted octanol–water partition coefficient (Wildman–Crippen LogP) is 1.38. The smallest absolute Gasteiger partial charge is 0.352 e. The van der Waals surface area contributed by atoms with Crippen LogP contribution in [0.4, 0.5) is 0 Å². The largest absolute Gasteiger partial charge is 0.477 e. The van der Waals surface area contributed by atoms with Crippen LogP contribution >= 0.6 is 34.9 Å². The highest BCUT2D eigenvalue weighted by atomic mass is 32.2. The number of nitrogens with one attached hydrogen (secondary N) is 1. The minimum Gasteiger partial charge on any atom is -0.477 e. The Hall–Kier alpha value is -2.45. The minimum absolute atomic E-state index is 0.122. The van der Waals surface area contributed by atoms with Gasteiger partial charge in [0.15, 0.2) is 10.4 Å². The van der Waals surface area contributed by atoms with Gasteiger partial charge in [0.2, 0.25) is 0 Å². The number of aromatic nitrogens is 2. The molecule has 3 heterocycles. The first-order valence-electron chi connectivity index (χ1n) is 9.72. The molecular weight excluding hydrogens is 488 g/mol. The molecule has 33 heavy (non-hydrogen) atoms. The molecule has 1 aromatic carbocycles. The number of hydrogen-bond acceptors (Lipinski definition) is 10. The van der Waals surface area contributed by atoms with Crippen LogP contribution in [0.15, 0.2) is 45.9 Å². The number of aliphatic carboxylic acids is 1. The second-order valence-corrected chi connectivity index (χ2v) is 10.7. The fourth-order valence-electron chi connectivity index (χ4n) is 3.58. The number of hydrogen-bond donors (Lipinski definition) is 3. The van der Waals surface area contributed by atoms with Crippen LogP contribution in [0.1, 0.15) is 16.7 Å². The molecule has 10 nitrogen and oxygen atoms in total. The van der Waals surface area contributed by atoms with E-state index >= 15 is 0 Å². The van der Waals surface area contributed by atoms with Crippen molar-refractivity contribution in [3.05, 3.63) is 52.2 Å². The second kappa shape index (κ2) is 9.43. The van der Waals surface area contributed by atoms with Gasteiger partial charge in [-0.3, -0.25) is 14.5 Å². The number of aliphatic hydroxyl groups is 1. The molecule has 0 saturated carbocycles. The number of nitrogens with zero attached hydrogens (tertiary/aromatic N) is 3. The first kappa shape index (κ1) is 23.7. The molecule has 2 aliphatic rings. The Kier molecular flexibility index (Phi) is 6.77. The van der Waals surface area contributed by atoms with E-state index < -0.39 is 35.0 Å². The number of amides is 2. The molecule has 2 amide bonds. The summed E-state index contributed by atoms with van der Waals surface area (Å²) in [4.78, 5) is 39.1. The van der Waals surface area contributed by atoms with Gasteiger partial charge in [-0.2, -0.15) is 0 Å². The summed E-state index contributed by atoms with van der Waals surface area (Å²) in [6.45, 7) is 1.83. The highest BCUT2D eigenvalue weighted by Gasteiger charge is 2.66. The molecule has 0 aliphatic carbocycles. The summed E-state index contributed by atoms with van der Waals surface area (Å²) in [7, 11) is 1.26. The lowest BCUT2D eigenvalue weighted by atomic mass is 9.97. The van der Waals surface area contributed by atoms with E-state index in [-0.39, 0.29) is 5.70 Å². The summed E-state index contributed by atoms with van der Waals surface area (Å²) in [5, 5.41) is 30.7. The van der Waals surface area contributed by atoms with Crippen LogP contribution in [0, 0.1) is 6.92 Å². The molecule has 2 aromatic rings. The molecule has 1 aromatic heterocycles. The average molecular weight is 509 g/mol. The number of benzene rings is 1. The van der Waals surface area contributed by atoms with E-state index in [1.54, 1.807) is 30.3 Å². The Bertz CT molecular complexity index is 1120. The van der Waals surface area contributed by atoms with Crippen LogP contribution in [0.3, 0.4) is 0 Å². The number of aliphatic hydroxyl groups excluding tert-OH is 1. The number of β-lactam (4-membered cyclic amide) rings is 1. The minimum atomic E-state index is -1.77. The zero-order chi connectivity index (χ0) is 23.8. The lowest BCUT2D eigenvalue weighted by molar-refractivity contribution is -0.193. The summed E-state index contributed by atoms with van der Waals surface area (Å²) in [6, 6.07) is 8.28. The van der Waals surface area contributed by atoms with Gasteiger partial charge in [-0.15, -0.1) is 22.0 Å².